The maximum absolute atomic E-state index is 12.8. The van der Waals surface area contributed by atoms with Crippen molar-refractivity contribution < 1.29 is 27.5 Å². The molecule has 0 bridgehead atoms. The Hall–Kier alpha value is -3.11. The van der Waals surface area contributed by atoms with E-state index in [0.29, 0.717) is 18.8 Å². The maximum Gasteiger partial charge on any atom is 0.273 e. The van der Waals surface area contributed by atoms with Gasteiger partial charge >= 0.3 is 0 Å². The minimum Gasteiger partial charge on any atom is -0.497 e. The molecule has 0 unspecified atom stereocenters. The minimum atomic E-state index is -3.67. The standard InChI is InChI=1S/C21H25N3O6S/c1-29-16-9-10-18(19(14-16)30-2)21(26)23-22-20(25)15-7-6-8-17(13-15)31(27,28)24-11-4-3-5-12-24/h6-10,13-14H,3-5,11-12H2,1-2H3,(H,22,25)(H,23,26). The predicted octanol–water partition coefficient (Wildman–Crippen LogP) is 1.95. The second-order valence-corrected chi connectivity index (χ2v) is 8.90. The van der Waals surface area contributed by atoms with Crippen LogP contribution in [0.15, 0.2) is 47.4 Å². The Morgan fingerprint density at radius 2 is 1.61 bits per heavy atom. The van der Waals surface area contributed by atoms with Crippen LogP contribution in [0.3, 0.4) is 0 Å². The van der Waals surface area contributed by atoms with Gasteiger partial charge in [-0.05, 0) is 43.2 Å². The van der Waals surface area contributed by atoms with Gasteiger partial charge in [0.2, 0.25) is 10.0 Å². The molecule has 0 radical (unpaired) electrons. The van der Waals surface area contributed by atoms with Crippen LogP contribution in [0.25, 0.3) is 0 Å². The topological polar surface area (TPSA) is 114 Å². The highest BCUT2D eigenvalue weighted by molar-refractivity contribution is 7.89. The molecule has 1 aliphatic heterocycles. The third kappa shape index (κ3) is 5.15. The van der Waals surface area contributed by atoms with E-state index in [0.717, 1.165) is 19.3 Å². The van der Waals surface area contributed by atoms with Gasteiger partial charge in [-0.25, -0.2) is 8.42 Å². The van der Waals surface area contributed by atoms with Crippen LogP contribution in [0.4, 0.5) is 0 Å². The Morgan fingerprint density at radius 1 is 0.903 bits per heavy atom. The van der Waals surface area contributed by atoms with Gasteiger partial charge in [0.05, 0.1) is 24.7 Å². The molecular weight excluding hydrogens is 422 g/mol. The summed E-state index contributed by atoms with van der Waals surface area (Å²) < 4.78 is 37.4. The molecule has 1 fully saturated rings. The fraction of sp³-hybridized carbons (Fsp3) is 0.333. The van der Waals surface area contributed by atoms with Gasteiger partial charge in [0, 0.05) is 24.7 Å². The van der Waals surface area contributed by atoms with Crippen LogP contribution in [0, 0.1) is 0 Å². The molecule has 2 amide bonds. The third-order valence-electron chi connectivity index (χ3n) is 4.99. The third-order valence-corrected chi connectivity index (χ3v) is 6.89. The number of piperidine rings is 1. The molecule has 1 saturated heterocycles. The molecule has 1 aliphatic rings. The van der Waals surface area contributed by atoms with Crippen molar-refractivity contribution in [3.8, 4) is 11.5 Å². The van der Waals surface area contributed by atoms with Gasteiger partial charge in [0.25, 0.3) is 11.8 Å². The first-order valence-corrected chi connectivity index (χ1v) is 11.2. The Balaban J connectivity index is 1.70. The van der Waals surface area contributed by atoms with Crippen molar-refractivity contribution in [2.24, 2.45) is 0 Å². The van der Waals surface area contributed by atoms with Crippen molar-refractivity contribution in [3.63, 3.8) is 0 Å². The van der Waals surface area contributed by atoms with Crippen molar-refractivity contribution in [1.29, 1.82) is 0 Å². The first-order chi connectivity index (χ1) is 14.9. The summed E-state index contributed by atoms with van der Waals surface area (Å²) in [5.74, 6) is -0.439. The predicted molar refractivity (Wildman–Crippen MR) is 114 cm³/mol. The number of carbonyl (C=O) groups excluding carboxylic acids is 2. The Labute approximate surface area is 181 Å². The van der Waals surface area contributed by atoms with E-state index in [2.05, 4.69) is 10.9 Å². The molecule has 9 nitrogen and oxygen atoms in total. The largest absolute Gasteiger partial charge is 0.497 e. The number of nitrogens with one attached hydrogen (secondary N) is 2. The molecule has 1 heterocycles. The van der Waals surface area contributed by atoms with Crippen molar-refractivity contribution in [3.05, 3.63) is 53.6 Å². The molecule has 3 rings (SSSR count). The molecule has 166 valence electrons. The summed E-state index contributed by atoms with van der Waals surface area (Å²) in [6, 6.07) is 10.4. The SMILES string of the molecule is COc1ccc(C(=O)NNC(=O)c2cccc(S(=O)(=O)N3CCCCC3)c2)c(OC)c1. The van der Waals surface area contributed by atoms with E-state index in [-0.39, 0.29) is 21.8 Å². The lowest BCUT2D eigenvalue weighted by atomic mass is 10.2. The quantitative estimate of drug-likeness (QED) is 0.655. The van der Waals surface area contributed by atoms with E-state index in [1.807, 2.05) is 0 Å². The highest BCUT2D eigenvalue weighted by Gasteiger charge is 2.26. The lowest BCUT2D eigenvalue weighted by Crippen LogP contribution is -2.41. The monoisotopic (exact) mass is 447 g/mol. The average Bonchev–Trinajstić information content (AvgIpc) is 2.82. The summed E-state index contributed by atoms with van der Waals surface area (Å²) in [6.45, 7) is 0.941. The molecular formula is C21H25N3O6S. The van der Waals surface area contributed by atoms with E-state index in [9.17, 15) is 18.0 Å². The first kappa shape index (κ1) is 22.6. The van der Waals surface area contributed by atoms with Gasteiger partial charge in [0.1, 0.15) is 11.5 Å². The minimum absolute atomic E-state index is 0.0465. The molecule has 31 heavy (non-hydrogen) atoms. The van der Waals surface area contributed by atoms with Gasteiger partial charge in [-0.3, -0.25) is 20.4 Å². The summed E-state index contributed by atoms with van der Waals surface area (Å²) in [7, 11) is -0.761. The Kier molecular flexibility index (Phi) is 7.13. The molecule has 0 atom stereocenters. The van der Waals surface area contributed by atoms with Crippen molar-refractivity contribution in [2.75, 3.05) is 27.3 Å². The van der Waals surface area contributed by atoms with Crippen molar-refractivity contribution in [2.45, 2.75) is 24.2 Å². The van der Waals surface area contributed by atoms with Crippen LogP contribution in [0.1, 0.15) is 40.0 Å². The fourth-order valence-electron chi connectivity index (χ4n) is 3.29. The summed E-state index contributed by atoms with van der Waals surface area (Å²) in [4.78, 5) is 25.0. The first-order valence-electron chi connectivity index (χ1n) is 9.79. The van der Waals surface area contributed by atoms with Gasteiger partial charge in [0.15, 0.2) is 0 Å². The van der Waals surface area contributed by atoms with Crippen LogP contribution in [-0.2, 0) is 10.0 Å². The van der Waals surface area contributed by atoms with E-state index >= 15 is 0 Å². The van der Waals surface area contributed by atoms with Gasteiger partial charge in [-0.1, -0.05) is 12.5 Å². The highest BCUT2D eigenvalue weighted by Crippen LogP contribution is 2.24. The lowest BCUT2D eigenvalue weighted by molar-refractivity contribution is 0.0844. The number of sulfonamides is 1. The number of hydrogen-bond donors (Lipinski definition) is 2. The van der Waals surface area contributed by atoms with Crippen molar-refractivity contribution in [1.82, 2.24) is 15.2 Å². The summed E-state index contributed by atoms with van der Waals surface area (Å²) in [5, 5.41) is 0. The van der Waals surface area contributed by atoms with Crippen LogP contribution in [-0.4, -0.2) is 51.8 Å². The smallest absolute Gasteiger partial charge is 0.273 e. The highest BCUT2D eigenvalue weighted by atomic mass is 32.2. The summed E-state index contributed by atoms with van der Waals surface area (Å²) in [6.07, 6.45) is 2.65. The van der Waals surface area contributed by atoms with Gasteiger partial charge in [-0.2, -0.15) is 4.31 Å². The zero-order valence-electron chi connectivity index (χ0n) is 17.4. The maximum atomic E-state index is 12.8. The van der Waals surface area contributed by atoms with Crippen molar-refractivity contribution >= 4 is 21.8 Å². The molecule has 0 saturated carbocycles. The Bertz CT molecular complexity index is 1060. The number of nitrogens with zero attached hydrogens (tertiary/aromatic N) is 1. The van der Waals surface area contributed by atoms with Crippen LogP contribution in [0.5, 0.6) is 11.5 Å². The fourth-order valence-corrected chi connectivity index (χ4v) is 4.85. The lowest BCUT2D eigenvalue weighted by Gasteiger charge is -2.26. The normalized spacial score (nSPS) is 14.5. The zero-order chi connectivity index (χ0) is 22.4. The number of ether oxygens (including phenoxy) is 2. The molecule has 2 aromatic rings. The molecule has 10 heteroatoms. The number of rotatable bonds is 6. The molecule has 0 spiro atoms. The van der Waals surface area contributed by atoms with Crippen LogP contribution in [0.2, 0.25) is 0 Å². The van der Waals surface area contributed by atoms with Gasteiger partial charge in [-0.15, -0.1) is 0 Å². The number of amides is 2. The van der Waals surface area contributed by atoms with E-state index in [4.69, 9.17) is 9.47 Å². The summed E-state index contributed by atoms with van der Waals surface area (Å²) >= 11 is 0. The molecule has 0 aromatic heterocycles. The number of methoxy groups -OCH3 is 2. The zero-order valence-corrected chi connectivity index (χ0v) is 18.2. The second kappa shape index (κ2) is 9.80. The Morgan fingerprint density at radius 3 is 2.29 bits per heavy atom. The van der Waals surface area contributed by atoms with Crippen LogP contribution >= 0.6 is 0 Å². The van der Waals surface area contributed by atoms with Crippen LogP contribution < -0.4 is 20.3 Å². The van der Waals surface area contributed by atoms with E-state index < -0.39 is 21.8 Å². The van der Waals surface area contributed by atoms with E-state index in [1.54, 1.807) is 12.1 Å². The number of carbonyl (C=O) groups is 2. The van der Waals surface area contributed by atoms with E-state index in [1.165, 1.54) is 48.9 Å². The second-order valence-electron chi connectivity index (χ2n) is 6.97. The number of benzene rings is 2. The molecule has 2 aromatic carbocycles. The number of hydrogen-bond acceptors (Lipinski definition) is 6. The summed E-state index contributed by atoms with van der Waals surface area (Å²) in [5.41, 5.74) is 4.92. The number of hydrazine groups is 1. The van der Waals surface area contributed by atoms with Gasteiger partial charge < -0.3 is 9.47 Å². The molecule has 2 N–H and O–H groups in total. The average molecular weight is 448 g/mol. The molecule has 0 aliphatic carbocycles.